The smallest absolute Gasteiger partial charge is 0.0370 e. The monoisotopic (exact) mass is 234 g/mol. The second kappa shape index (κ2) is 5.42. The van der Waals surface area contributed by atoms with E-state index >= 15 is 0 Å². The van der Waals surface area contributed by atoms with Crippen molar-refractivity contribution in [2.45, 2.75) is 6.42 Å². The van der Waals surface area contributed by atoms with Crippen LogP contribution in [0.15, 0.2) is 48.5 Å². The van der Waals surface area contributed by atoms with Crippen molar-refractivity contribution in [2.75, 3.05) is 11.5 Å². The lowest BCUT2D eigenvalue weighted by Crippen LogP contribution is -2.00. The Morgan fingerprint density at radius 1 is 0.750 bits per heavy atom. The van der Waals surface area contributed by atoms with Crippen LogP contribution in [-0.2, 0) is 6.42 Å². The summed E-state index contributed by atoms with van der Waals surface area (Å²) in [6.45, 7) is 0. The SMILES string of the molecule is Cl.Nc1cccc(N)c1Cc1ccccc1. The van der Waals surface area contributed by atoms with Gasteiger partial charge in [0.1, 0.15) is 0 Å². The fraction of sp³-hybridized carbons (Fsp3) is 0.0769. The molecule has 0 heterocycles. The van der Waals surface area contributed by atoms with Crippen molar-refractivity contribution in [3.05, 3.63) is 59.7 Å². The van der Waals surface area contributed by atoms with Gasteiger partial charge >= 0.3 is 0 Å². The Balaban J connectivity index is 0.00000128. The van der Waals surface area contributed by atoms with Gasteiger partial charge in [-0.2, -0.15) is 0 Å². The Hall–Kier alpha value is -1.67. The molecule has 0 radical (unpaired) electrons. The van der Waals surface area contributed by atoms with Crippen LogP contribution in [0.1, 0.15) is 11.1 Å². The molecule has 0 spiro atoms. The van der Waals surface area contributed by atoms with Gasteiger partial charge in [0.15, 0.2) is 0 Å². The van der Waals surface area contributed by atoms with Crippen molar-refractivity contribution < 1.29 is 0 Å². The van der Waals surface area contributed by atoms with Gasteiger partial charge in [0.25, 0.3) is 0 Å². The zero-order valence-corrected chi connectivity index (χ0v) is 9.71. The number of hydrogen-bond acceptors (Lipinski definition) is 2. The van der Waals surface area contributed by atoms with Crippen molar-refractivity contribution >= 4 is 23.8 Å². The van der Waals surface area contributed by atoms with E-state index in [1.54, 1.807) is 0 Å². The molecule has 0 aliphatic rings. The highest BCUT2D eigenvalue weighted by Crippen LogP contribution is 2.22. The second-order valence-corrected chi connectivity index (χ2v) is 3.58. The molecule has 0 saturated carbocycles. The van der Waals surface area contributed by atoms with Crippen LogP contribution in [0, 0.1) is 0 Å². The molecule has 3 heteroatoms. The van der Waals surface area contributed by atoms with Crippen molar-refractivity contribution in [3.8, 4) is 0 Å². The van der Waals surface area contributed by atoms with E-state index < -0.39 is 0 Å². The standard InChI is InChI=1S/C13H14N2.ClH/c14-12-7-4-8-13(15)11(12)9-10-5-2-1-3-6-10;/h1-8H,9,14-15H2;1H. The first kappa shape index (κ1) is 12.4. The number of anilines is 2. The van der Waals surface area contributed by atoms with Crippen molar-refractivity contribution in [1.29, 1.82) is 0 Å². The molecule has 16 heavy (non-hydrogen) atoms. The van der Waals surface area contributed by atoms with Gasteiger partial charge < -0.3 is 11.5 Å². The highest BCUT2D eigenvalue weighted by molar-refractivity contribution is 5.85. The molecule has 2 rings (SSSR count). The van der Waals surface area contributed by atoms with Gasteiger partial charge in [-0.25, -0.2) is 0 Å². The minimum absolute atomic E-state index is 0. The summed E-state index contributed by atoms with van der Waals surface area (Å²) in [4.78, 5) is 0. The first-order valence-electron chi connectivity index (χ1n) is 4.94. The zero-order chi connectivity index (χ0) is 10.7. The molecule has 0 saturated heterocycles. The van der Waals surface area contributed by atoms with E-state index in [-0.39, 0.29) is 12.4 Å². The summed E-state index contributed by atoms with van der Waals surface area (Å²) >= 11 is 0. The summed E-state index contributed by atoms with van der Waals surface area (Å²) < 4.78 is 0. The lowest BCUT2D eigenvalue weighted by atomic mass is 10.0. The van der Waals surface area contributed by atoms with Gasteiger partial charge in [0.2, 0.25) is 0 Å². The summed E-state index contributed by atoms with van der Waals surface area (Å²) in [6, 6.07) is 15.8. The third kappa shape index (κ3) is 2.67. The lowest BCUT2D eigenvalue weighted by Gasteiger charge is -2.08. The molecule has 4 N–H and O–H groups in total. The maximum absolute atomic E-state index is 5.89. The van der Waals surface area contributed by atoms with E-state index in [1.165, 1.54) is 5.56 Å². The third-order valence-corrected chi connectivity index (χ3v) is 2.47. The Morgan fingerprint density at radius 3 is 1.88 bits per heavy atom. The summed E-state index contributed by atoms with van der Waals surface area (Å²) in [6.07, 6.45) is 0.791. The van der Waals surface area contributed by atoms with Crippen LogP contribution in [0.5, 0.6) is 0 Å². The summed E-state index contributed by atoms with van der Waals surface area (Å²) in [5.41, 5.74) is 15.5. The summed E-state index contributed by atoms with van der Waals surface area (Å²) in [7, 11) is 0. The van der Waals surface area contributed by atoms with E-state index in [0.29, 0.717) is 0 Å². The van der Waals surface area contributed by atoms with Crippen LogP contribution >= 0.6 is 12.4 Å². The Bertz CT molecular complexity index is 434. The van der Waals surface area contributed by atoms with Gasteiger partial charge in [-0.15, -0.1) is 12.4 Å². The van der Waals surface area contributed by atoms with E-state index in [9.17, 15) is 0 Å². The molecule has 0 aliphatic carbocycles. The lowest BCUT2D eigenvalue weighted by molar-refractivity contribution is 1.20. The Labute approximate surface area is 102 Å². The normalized spacial score (nSPS) is 9.50. The van der Waals surface area contributed by atoms with E-state index in [4.69, 9.17) is 11.5 Å². The number of hydrogen-bond donors (Lipinski definition) is 2. The predicted molar refractivity (Wildman–Crippen MR) is 71.8 cm³/mol. The quantitative estimate of drug-likeness (QED) is 0.786. The number of benzene rings is 2. The molecule has 2 aromatic rings. The second-order valence-electron chi connectivity index (χ2n) is 3.58. The topological polar surface area (TPSA) is 52.0 Å². The first-order chi connectivity index (χ1) is 7.27. The average molecular weight is 235 g/mol. The van der Waals surface area contributed by atoms with Gasteiger partial charge in [-0.3, -0.25) is 0 Å². The molecule has 0 aliphatic heterocycles. The van der Waals surface area contributed by atoms with E-state index in [0.717, 1.165) is 23.4 Å². The van der Waals surface area contributed by atoms with Crippen LogP contribution in [-0.4, -0.2) is 0 Å². The molecular weight excluding hydrogens is 220 g/mol. The van der Waals surface area contributed by atoms with E-state index in [1.807, 2.05) is 36.4 Å². The van der Waals surface area contributed by atoms with Gasteiger partial charge in [0.05, 0.1) is 0 Å². The molecular formula is C13H15ClN2. The highest BCUT2D eigenvalue weighted by atomic mass is 35.5. The Morgan fingerprint density at radius 2 is 1.31 bits per heavy atom. The number of nitrogens with two attached hydrogens (primary N) is 2. The van der Waals surface area contributed by atoms with Crippen LogP contribution in [0.4, 0.5) is 11.4 Å². The first-order valence-corrected chi connectivity index (χ1v) is 4.94. The molecule has 0 unspecified atom stereocenters. The molecule has 2 nitrogen and oxygen atoms in total. The zero-order valence-electron chi connectivity index (χ0n) is 8.89. The third-order valence-electron chi connectivity index (χ3n) is 2.47. The van der Waals surface area contributed by atoms with Crippen LogP contribution in [0.3, 0.4) is 0 Å². The molecule has 0 aromatic heterocycles. The summed E-state index contributed by atoms with van der Waals surface area (Å²) in [5, 5.41) is 0. The van der Waals surface area contributed by atoms with Crippen LogP contribution in [0.25, 0.3) is 0 Å². The molecule has 84 valence electrons. The van der Waals surface area contributed by atoms with Crippen LogP contribution in [0.2, 0.25) is 0 Å². The maximum Gasteiger partial charge on any atom is 0.0370 e. The van der Waals surface area contributed by atoms with Crippen LogP contribution < -0.4 is 11.5 Å². The van der Waals surface area contributed by atoms with Gasteiger partial charge in [-0.1, -0.05) is 36.4 Å². The predicted octanol–water partition coefficient (Wildman–Crippen LogP) is 2.86. The Kier molecular flexibility index (Phi) is 4.20. The van der Waals surface area contributed by atoms with Gasteiger partial charge in [0, 0.05) is 23.4 Å². The van der Waals surface area contributed by atoms with Gasteiger partial charge in [-0.05, 0) is 17.7 Å². The fourth-order valence-corrected chi connectivity index (χ4v) is 1.63. The largest absolute Gasteiger partial charge is 0.398 e. The molecule has 0 amide bonds. The molecule has 0 fully saturated rings. The molecule has 2 aromatic carbocycles. The number of nitrogen functional groups attached to an aromatic ring is 2. The minimum Gasteiger partial charge on any atom is -0.398 e. The number of halogens is 1. The van der Waals surface area contributed by atoms with Crippen molar-refractivity contribution in [2.24, 2.45) is 0 Å². The average Bonchev–Trinajstić information content (AvgIpc) is 2.25. The fourth-order valence-electron chi connectivity index (χ4n) is 1.63. The molecule has 0 atom stereocenters. The highest BCUT2D eigenvalue weighted by Gasteiger charge is 2.03. The summed E-state index contributed by atoms with van der Waals surface area (Å²) in [5.74, 6) is 0. The minimum atomic E-state index is 0. The van der Waals surface area contributed by atoms with E-state index in [2.05, 4.69) is 12.1 Å². The van der Waals surface area contributed by atoms with Crippen molar-refractivity contribution in [3.63, 3.8) is 0 Å². The van der Waals surface area contributed by atoms with Crippen molar-refractivity contribution in [1.82, 2.24) is 0 Å². The number of rotatable bonds is 2. The maximum atomic E-state index is 5.89. The molecule has 0 bridgehead atoms.